The predicted octanol–water partition coefficient (Wildman–Crippen LogP) is 1.38. The zero-order chi connectivity index (χ0) is 11.5. The van der Waals surface area contributed by atoms with Gasteiger partial charge >= 0.3 is 0 Å². The molecular weight excluding hydrogens is 190 g/mol. The number of hydrogen-bond donors (Lipinski definition) is 2. The fourth-order valence-corrected chi connectivity index (χ4v) is 2.59. The van der Waals surface area contributed by atoms with Crippen molar-refractivity contribution in [1.29, 1.82) is 0 Å². The smallest absolute Gasteiger partial charge is 0.0774 e. The molecule has 3 heteroatoms. The number of aliphatic hydroxyl groups is 2. The Morgan fingerprint density at radius 2 is 1.73 bits per heavy atom. The van der Waals surface area contributed by atoms with Crippen LogP contribution in [0.1, 0.15) is 46.0 Å². The van der Waals surface area contributed by atoms with Gasteiger partial charge in [0.2, 0.25) is 0 Å². The Bertz CT molecular complexity index is 192. The van der Waals surface area contributed by atoms with Crippen molar-refractivity contribution >= 4 is 0 Å². The van der Waals surface area contributed by atoms with Gasteiger partial charge in [-0.2, -0.15) is 0 Å². The highest BCUT2D eigenvalue weighted by Crippen LogP contribution is 2.28. The topological polar surface area (TPSA) is 43.7 Å². The highest BCUT2D eigenvalue weighted by molar-refractivity contribution is 4.86. The van der Waals surface area contributed by atoms with Crippen LogP contribution in [-0.2, 0) is 0 Å². The minimum absolute atomic E-state index is 0.516. The minimum Gasteiger partial charge on any atom is -0.389 e. The quantitative estimate of drug-likeness (QED) is 0.744. The largest absolute Gasteiger partial charge is 0.389 e. The number of rotatable bonds is 4. The lowest BCUT2D eigenvalue weighted by Crippen LogP contribution is -2.47. The van der Waals surface area contributed by atoms with Gasteiger partial charge in [0.05, 0.1) is 11.2 Å². The van der Waals surface area contributed by atoms with Crippen LogP contribution < -0.4 is 0 Å². The summed E-state index contributed by atoms with van der Waals surface area (Å²) in [5.74, 6) is 0. The average Bonchev–Trinajstić information content (AvgIpc) is 1.99. The van der Waals surface area contributed by atoms with E-state index in [0.717, 1.165) is 25.7 Å². The van der Waals surface area contributed by atoms with Crippen molar-refractivity contribution in [2.75, 3.05) is 20.1 Å². The SMILES string of the molecule is CN(CC(C)(C)O)CC1(O)CCCCC1. The number of hydrogen-bond acceptors (Lipinski definition) is 3. The van der Waals surface area contributed by atoms with Gasteiger partial charge in [0.15, 0.2) is 0 Å². The van der Waals surface area contributed by atoms with Gasteiger partial charge in [0.25, 0.3) is 0 Å². The first-order valence-electron chi connectivity index (χ1n) is 5.94. The molecule has 1 rings (SSSR count). The van der Waals surface area contributed by atoms with Crippen LogP contribution in [0.15, 0.2) is 0 Å². The van der Waals surface area contributed by atoms with Crippen molar-refractivity contribution in [3.63, 3.8) is 0 Å². The van der Waals surface area contributed by atoms with Crippen LogP contribution in [0.3, 0.4) is 0 Å². The first-order valence-corrected chi connectivity index (χ1v) is 5.94. The molecule has 1 fully saturated rings. The lowest BCUT2D eigenvalue weighted by atomic mass is 9.84. The second-order valence-electron chi connectivity index (χ2n) is 5.77. The van der Waals surface area contributed by atoms with Crippen LogP contribution >= 0.6 is 0 Å². The molecule has 0 saturated heterocycles. The molecule has 0 atom stereocenters. The van der Waals surface area contributed by atoms with Crippen molar-refractivity contribution < 1.29 is 10.2 Å². The van der Waals surface area contributed by atoms with Crippen molar-refractivity contribution in [3.8, 4) is 0 Å². The van der Waals surface area contributed by atoms with Gasteiger partial charge in [-0.15, -0.1) is 0 Å². The van der Waals surface area contributed by atoms with E-state index in [9.17, 15) is 10.2 Å². The van der Waals surface area contributed by atoms with Gasteiger partial charge in [0, 0.05) is 13.1 Å². The van der Waals surface area contributed by atoms with Crippen LogP contribution in [0.5, 0.6) is 0 Å². The lowest BCUT2D eigenvalue weighted by molar-refractivity contribution is -0.0381. The van der Waals surface area contributed by atoms with Gasteiger partial charge in [-0.25, -0.2) is 0 Å². The maximum atomic E-state index is 10.3. The second kappa shape index (κ2) is 4.81. The molecule has 0 aliphatic heterocycles. The Morgan fingerprint density at radius 3 is 2.20 bits per heavy atom. The molecule has 0 radical (unpaired) electrons. The summed E-state index contributed by atoms with van der Waals surface area (Å²) in [7, 11) is 1.96. The summed E-state index contributed by atoms with van der Waals surface area (Å²) in [6.07, 6.45) is 5.32. The van der Waals surface area contributed by atoms with E-state index in [1.807, 2.05) is 11.9 Å². The van der Waals surface area contributed by atoms with Gasteiger partial charge in [-0.1, -0.05) is 19.3 Å². The number of nitrogens with zero attached hydrogens (tertiary/aromatic N) is 1. The maximum Gasteiger partial charge on any atom is 0.0774 e. The predicted molar refractivity (Wildman–Crippen MR) is 61.8 cm³/mol. The molecule has 0 heterocycles. The highest BCUT2D eigenvalue weighted by Gasteiger charge is 2.31. The van der Waals surface area contributed by atoms with Crippen LogP contribution in [0, 0.1) is 0 Å². The molecule has 0 amide bonds. The van der Waals surface area contributed by atoms with Gasteiger partial charge in [0.1, 0.15) is 0 Å². The van der Waals surface area contributed by atoms with Crippen LogP contribution in [0.25, 0.3) is 0 Å². The number of likely N-dealkylation sites (N-methyl/N-ethyl adjacent to an activating group) is 1. The summed E-state index contributed by atoms with van der Waals surface area (Å²) >= 11 is 0. The third-order valence-electron chi connectivity index (χ3n) is 3.01. The van der Waals surface area contributed by atoms with E-state index in [1.54, 1.807) is 13.8 Å². The average molecular weight is 215 g/mol. The van der Waals surface area contributed by atoms with E-state index in [1.165, 1.54) is 6.42 Å². The molecule has 0 aromatic carbocycles. The molecular formula is C12H25NO2. The molecule has 0 aromatic heterocycles. The first kappa shape index (κ1) is 12.9. The van der Waals surface area contributed by atoms with Crippen LogP contribution in [-0.4, -0.2) is 46.5 Å². The van der Waals surface area contributed by atoms with Gasteiger partial charge < -0.3 is 15.1 Å². The third-order valence-corrected chi connectivity index (χ3v) is 3.01. The normalized spacial score (nSPS) is 22.0. The van der Waals surface area contributed by atoms with Crippen molar-refractivity contribution in [2.45, 2.75) is 57.2 Å². The third kappa shape index (κ3) is 4.96. The molecule has 1 saturated carbocycles. The second-order valence-corrected chi connectivity index (χ2v) is 5.77. The van der Waals surface area contributed by atoms with E-state index < -0.39 is 11.2 Å². The lowest BCUT2D eigenvalue weighted by Gasteiger charge is -2.37. The Morgan fingerprint density at radius 1 is 1.20 bits per heavy atom. The Labute approximate surface area is 93.1 Å². The molecule has 1 aliphatic carbocycles. The maximum absolute atomic E-state index is 10.3. The molecule has 3 nitrogen and oxygen atoms in total. The Hall–Kier alpha value is -0.120. The van der Waals surface area contributed by atoms with Gasteiger partial charge in [-0.05, 0) is 33.7 Å². The Kier molecular flexibility index (Phi) is 4.15. The van der Waals surface area contributed by atoms with Crippen molar-refractivity contribution in [3.05, 3.63) is 0 Å². The first-order chi connectivity index (χ1) is 6.81. The van der Waals surface area contributed by atoms with Crippen LogP contribution in [0.4, 0.5) is 0 Å². The standard InChI is InChI=1S/C12H25NO2/c1-11(2,14)9-13(3)10-12(15)7-5-4-6-8-12/h14-15H,4-10H2,1-3H3. The van der Waals surface area contributed by atoms with E-state index >= 15 is 0 Å². The van der Waals surface area contributed by atoms with Gasteiger partial charge in [-0.3, -0.25) is 0 Å². The minimum atomic E-state index is -0.681. The molecule has 1 aliphatic rings. The molecule has 0 bridgehead atoms. The summed E-state index contributed by atoms with van der Waals surface area (Å²) < 4.78 is 0. The summed E-state index contributed by atoms with van der Waals surface area (Å²) in [6, 6.07) is 0. The summed E-state index contributed by atoms with van der Waals surface area (Å²) in [5.41, 5.74) is -1.20. The summed E-state index contributed by atoms with van der Waals surface area (Å²) in [4.78, 5) is 2.03. The zero-order valence-corrected chi connectivity index (χ0v) is 10.3. The fraction of sp³-hybridized carbons (Fsp3) is 1.00. The van der Waals surface area contributed by atoms with E-state index in [-0.39, 0.29) is 0 Å². The highest BCUT2D eigenvalue weighted by atomic mass is 16.3. The summed E-state index contributed by atoms with van der Waals surface area (Å²) in [6.45, 7) is 4.88. The molecule has 90 valence electrons. The van der Waals surface area contributed by atoms with Crippen molar-refractivity contribution in [2.24, 2.45) is 0 Å². The molecule has 15 heavy (non-hydrogen) atoms. The monoisotopic (exact) mass is 215 g/mol. The summed E-state index contributed by atoms with van der Waals surface area (Å²) in [5, 5.41) is 20.0. The van der Waals surface area contributed by atoms with Crippen LogP contribution in [0.2, 0.25) is 0 Å². The van der Waals surface area contributed by atoms with E-state index in [2.05, 4.69) is 0 Å². The fourth-order valence-electron chi connectivity index (χ4n) is 2.59. The Balaban J connectivity index is 2.38. The molecule has 2 N–H and O–H groups in total. The molecule has 0 spiro atoms. The van der Waals surface area contributed by atoms with E-state index in [4.69, 9.17) is 0 Å². The van der Waals surface area contributed by atoms with Crippen molar-refractivity contribution in [1.82, 2.24) is 4.90 Å². The van der Waals surface area contributed by atoms with E-state index in [0.29, 0.717) is 13.1 Å². The molecule has 0 aromatic rings. The molecule has 0 unspecified atom stereocenters. The zero-order valence-electron chi connectivity index (χ0n) is 10.3.